The molecule has 13 heavy (non-hydrogen) atoms. The second-order valence-corrected chi connectivity index (χ2v) is 4.59. The van der Waals surface area contributed by atoms with Gasteiger partial charge in [0.1, 0.15) is 0 Å². The summed E-state index contributed by atoms with van der Waals surface area (Å²) in [6, 6.07) is 0. The fourth-order valence-corrected chi connectivity index (χ4v) is 2.07. The third-order valence-corrected chi connectivity index (χ3v) is 2.70. The van der Waals surface area contributed by atoms with E-state index in [-0.39, 0.29) is 11.4 Å². The SMILES string of the molecule is CC1(C)CC=C[C@@]2(CCCCO2)O1. The minimum absolute atomic E-state index is 0.0634. The quantitative estimate of drug-likeness (QED) is 0.536. The maximum Gasteiger partial charge on any atom is 0.188 e. The summed E-state index contributed by atoms with van der Waals surface area (Å²) in [5, 5.41) is 0. The van der Waals surface area contributed by atoms with Crippen LogP contribution in [0, 0.1) is 0 Å². The third-order valence-electron chi connectivity index (χ3n) is 2.70. The van der Waals surface area contributed by atoms with E-state index in [0.717, 1.165) is 19.4 Å². The van der Waals surface area contributed by atoms with E-state index in [1.54, 1.807) is 0 Å². The van der Waals surface area contributed by atoms with Gasteiger partial charge in [-0.3, -0.25) is 0 Å². The number of hydrogen-bond acceptors (Lipinski definition) is 2. The van der Waals surface area contributed by atoms with Gasteiger partial charge < -0.3 is 9.47 Å². The molecule has 1 spiro atoms. The maximum absolute atomic E-state index is 5.99. The van der Waals surface area contributed by atoms with Gasteiger partial charge in [-0.05, 0) is 39.2 Å². The molecule has 0 aliphatic carbocycles. The third kappa shape index (κ3) is 1.94. The van der Waals surface area contributed by atoms with Gasteiger partial charge in [-0.1, -0.05) is 6.08 Å². The lowest BCUT2D eigenvalue weighted by Gasteiger charge is -2.43. The Bertz CT molecular complexity index is 212. The summed E-state index contributed by atoms with van der Waals surface area (Å²) in [4.78, 5) is 0. The van der Waals surface area contributed by atoms with E-state index < -0.39 is 0 Å². The van der Waals surface area contributed by atoms with Crippen LogP contribution in [-0.2, 0) is 9.47 Å². The van der Waals surface area contributed by atoms with Crippen LogP contribution >= 0.6 is 0 Å². The van der Waals surface area contributed by atoms with E-state index in [0.29, 0.717) is 0 Å². The summed E-state index contributed by atoms with van der Waals surface area (Å²) in [6.45, 7) is 5.08. The normalized spacial score (nSPS) is 38.0. The van der Waals surface area contributed by atoms with Crippen LogP contribution < -0.4 is 0 Å². The molecule has 2 heteroatoms. The molecule has 0 amide bonds. The van der Waals surface area contributed by atoms with Gasteiger partial charge in [0.15, 0.2) is 5.79 Å². The zero-order valence-corrected chi connectivity index (χ0v) is 8.51. The van der Waals surface area contributed by atoms with E-state index >= 15 is 0 Å². The van der Waals surface area contributed by atoms with Crippen molar-refractivity contribution < 1.29 is 9.47 Å². The topological polar surface area (TPSA) is 18.5 Å². The van der Waals surface area contributed by atoms with Crippen LogP contribution in [0.25, 0.3) is 0 Å². The molecule has 1 saturated heterocycles. The molecule has 0 N–H and O–H groups in total. The molecule has 74 valence electrons. The second kappa shape index (κ2) is 3.10. The Labute approximate surface area is 79.9 Å². The van der Waals surface area contributed by atoms with Crippen molar-refractivity contribution in [2.75, 3.05) is 6.61 Å². The van der Waals surface area contributed by atoms with Crippen molar-refractivity contribution >= 4 is 0 Å². The summed E-state index contributed by atoms with van der Waals surface area (Å²) >= 11 is 0. The molecule has 0 saturated carbocycles. The molecule has 2 nitrogen and oxygen atoms in total. The van der Waals surface area contributed by atoms with Gasteiger partial charge in [0.05, 0.1) is 12.2 Å². The summed E-state index contributed by atoms with van der Waals surface area (Å²) in [5.41, 5.74) is -0.0634. The zero-order chi connectivity index (χ0) is 9.36. The molecule has 2 rings (SSSR count). The van der Waals surface area contributed by atoms with Gasteiger partial charge >= 0.3 is 0 Å². The molecule has 0 bridgehead atoms. The van der Waals surface area contributed by atoms with Crippen LogP contribution in [0.15, 0.2) is 12.2 Å². The molecule has 2 aliphatic rings. The largest absolute Gasteiger partial charge is 0.346 e. The minimum atomic E-state index is -0.389. The first-order valence-corrected chi connectivity index (χ1v) is 5.14. The van der Waals surface area contributed by atoms with E-state index in [2.05, 4.69) is 26.0 Å². The van der Waals surface area contributed by atoms with Crippen molar-refractivity contribution in [3.8, 4) is 0 Å². The maximum atomic E-state index is 5.99. The Morgan fingerprint density at radius 1 is 1.23 bits per heavy atom. The van der Waals surface area contributed by atoms with Crippen LogP contribution in [0.3, 0.4) is 0 Å². The first kappa shape index (κ1) is 9.22. The first-order valence-electron chi connectivity index (χ1n) is 5.14. The van der Waals surface area contributed by atoms with E-state index in [4.69, 9.17) is 9.47 Å². The highest BCUT2D eigenvalue weighted by molar-refractivity contribution is 5.05. The molecular formula is C11H18O2. The summed E-state index contributed by atoms with van der Waals surface area (Å²) in [6.07, 6.45) is 8.65. The standard InChI is InChI=1S/C11H18O2/c1-10(2)6-5-8-11(13-10)7-3-4-9-12-11/h5,8H,3-4,6-7,9H2,1-2H3/t11-/m1/s1. The van der Waals surface area contributed by atoms with Gasteiger partial charge in [0.2, 0.25) is 0 Å². The molecular weight excluding hydrogens is 164 g/mol. The molecule has 2 aliphatic heterocycles. The Morgan fingerprint density at radius 2 is 2.08 bits per heavy atom. The van der Waals surface area contributed by atoms with Crippen LogP contribution in [0.1, 0.15) is 39.5 Å². The first-order chi connectivity index (χ1) is 6.12. The summed E-state index contributed by atoms with van der Waals surface area (Å²) in [7, 11) is 0. The molecule has 2 heterocycles. The number of ether oxygens (including phenoxy) is 2. The highest BCUT2D eigenvalue weighted by Gasteiger charge is 2.39. The molecule has 1 atom stereocenters. The van der Waals surface area contributed by atoms with Crippen LogP contribution in [0.2, 0.25) is 0 Å². The van der Waals surface area contributed by atoms with Crippen molar-refractivity contribution in [1.29, 1.82) is 0 Å². The second-order valence-electron chi connectivity index (χ2n) is 4.59. The van der Waals surface area contributed by atoms with E-state index in [1.165, 1.54) is 12.8 Å². The highest BCUT2D eigenvalue weighted by atomic mass is 16.7. The summed E-state index contributed by atoms with van der Waals surface area (Å²) in [5.74, 6) is -0.389. The smallest absolute Gasteiger partial charge is 0.188 e. The monoisotopic (exact) mass is 182 g/mol. The number of hydrogen-bond donors (Lipinski definition) is 0. The van der Waals surface area contributed by atoms with Gasteiger partial charge in [-0.2, -0.15) is 0 Å². The Balaban J connectivity index is 2.13. The molecule has 0 aromatic rings. The average Bonchev–Trinajstić information content (AvgIpc) is 2.03. The van der Waals surface area contributed by atoms with E-state index in [9.17, 15) is 0 Å². The Kier molecular flexibility index (Phi) is 2.20. The lowest BCUT2D eigenvalue weighted by Crippen LogP contribution is -2.46. The van der Waals surface area contributed by atoms with Crippen molar-refractivity contribution in [3.63, 3.8) is 0 Å². The summed E-state index contributed by atoms with van der Waals surface area (Å²) < 4.78 is 11.7. The van der Waals surface area contributed by atoms with E-state index in [1.807, 2.05) is 0 Å². The van der Waals surface area contributed by atoms with Gasteiger partial charge in [0.25, 0.3) is 0 Å². The van der Waals surface area contributed by atoms with Crippen LogP contribution in [0.4, 0.5) is 0 Å². The fraction of sp³-hybridized carbons (Fsp3) is 0.818. The molecule has 1 fully saturated rings. The van der Waals surface area contributed by atoms with Gasteiger partial charge in [0, 0.05) is 6.42 Å². The van der Waals surface area contributed by atoms with Crippen LogP contribution in [0.5, 0.6) is 0 Å². The molecule has 0 aromatic carbocycles. The predicted octanol–water partition coefficient (Wildman–Crippen LogP) is 2.64. The fourth-order valence-electron chi connectivity index (χ4n) is 2.07. The zero-order valence-electron chi connectivity index (χ0n) is 8.51. The molecule has 0 aromatic heterocycles. The lowest BCUT2D eigenvalue weighted by atomic mass is 9.95. The lowest BCUT2D eigenvalue weighted by molar-refractivity contribution is -0.273. The van der Waals surface area contributed by atoms with Crippen LogP contribution in [-0.4, -0.2) is 18.0 Å². The Hall–Kier alpha value is -0.340. The van der Waals surface area contributed by atoms with Crippen molar-refractivity contribution in [2.45, 2.75) is 50.9 Å². The average molecular weight is 182 g/mol. The van der Waals surface area contributed by atoms with Gasteiger partial charge in [-0.25, -0.2) is 0 Å². The van der Waals surface area contributed by atoms with Gasteiger partial charge in [-0.15, -0.1) is 0 Å². The van der Waals surface area contributed by atoms with Crippen molar-refractivity contribution in [3.05, 3.63) is 12.2 Å². The minimum Gasteiger partial charge on any atom is -0.346 e. The Morgan fingerprint density at radius 3 is 2.69 bits per heavy atom. The highest BCUT2D eigenvalue weighted by Crippen LogP contribution is 2.36. The number of rotatable bonds is 0. The van der Waals surface area contributed by atoms with Crippen molar-refractivity contribution in [1.82, 2.24) is 0 Å². The van der Waals surface area contributed by atoms with Crippen molar-refractivity contribution in [2.24, 2.45) is 0 Å². The predicted molar refractivity (Wildman–Crippen MR) is 51.5 cm³/mol. The molecule has 0 radical (unpaired) electrons. The molecule has 0 unspecified atom stereocenters.